The molecule has 0 radical (unpaired) electrons. The largest absolute Gasteiger partial charge is 0.351 e. The highest BCUT2D eigenvalue weighted by atomic mass is 15.3. The summed E-state index contributed by atoms with van der Waals surface area (Å²) in [5.74, 6) is 0. The Hall–Kier alpha value is -2.35. The van der Waals surface area contributed by atoms with Gasteiger partial charge in [-0.3, -0.25) is 9.67 Å². The number of hydrogen-bond acceptors (Lipinski definition) is 4. The van der Waals surface area contributed by atoms with Crippen LogP contribution in [0, 0.1) is 11.3 Å². The summed E-state index contributed by atoms with van der Waals surface area (Å²) in [4.78, 5) is 3.96. The van der Waals surface area contributed by atoms with E-state index in [0.29, 0.717) is 11.3 Å². The number of aromatic nitrogens is 3. The normalized spacial score (nSPS) is 9.60. The molecule has 0 amide bonds. The van der Waals surface area contributed by atoms with E-state index >= 15 is 0 Å². The molecule has 0 aliphatic carbocycles. The SMILES string of the molecule is Cn1cc(Nc2cnccc2C#N)cn1. The van der Waals surface area contributed by atoms with Crippen LogP contribution < -0.4 is 5.32 Å². The Morgan fingerprint density at radius 2 is 2.33 bits per heavy atom. The molecule has 2 heterocycles. The molecule has 5 nitrogen and oxygen atoms in total. The van der Waals surface area contributed by atoms with Gasteiger partial charge in [-0.1, -0.05) is 0 Å². The lowest BCUT2D eigenvalue weighted by Crippen LogP contribution is -1.93. The van der Waals surface area contributed by atoms with Gasteiger partial charge in [0.1, 0.15) is 6.07 Å². The maximum absolute atomic E-state index is 8.86. The summed E-state index contributed by atoms with van der Waals surface area (Å²) in [5, 5.41) is 16.0. The quantitative estimate of drug-likeness (QED) is 0.794. The van der Waals surface area contributed by atoms with Crippen molar-refractivity contribution < 1.29 is 0 Å². The van der Waals surface area contributed by atoms with Gasteiger partial charge >= 0.3 is 0 Å². The first kappa shape index (κ1) is 9.21. The summed E-state index contributed by atoms with van der Waals surface area (Å²) < 4.78 is 1.69. The second-order valence-electron chi connectivity index (χ2n) is 3.06. The molecule has 1 N–H and O–H groups in total. The molecule has 74 valence electrons. The lowest BCUT2D eigenvalue weighted by Gasteiger charge is -2.03. The van der Waals surface area contributed by atoms with Gasteiger partial charge in [0, 0.05) is 19.4 Å². The zero-order valence-corrected chi connectivity index (χ0v) is 8.18. The summed E-state index contributed by atoms with van der Waals surface area (Å²) >= 11 is 0. The van der Waals surface area contributed by atoms with Crippen molar-refractivity contribution in [3.63, 3.8) is 0 Å². The minimum Gasteiger partial charge on any atom is -0.351 e. The standard InChI is InChI=1S/C10H9N5/c1-15-7-9(5-13-15)14-10-6-12-3-2-8(10)4-11/h2-3,5-7,14H,1H3. The zero-order valence-electron chi connectivity index (χ0n) is 8.18. The van der Waals surface area contributed by atoms with Gasteiger partial charge in [0.25, 0.3) is 0 Å². The third-order valence-electron chi connectivity index (χ3n) is 1.93. The Kier molecular flexibility index (Phi) is 2.33. The number of anilines is 2. The van der Waals surface area contributed by atoms with Crippen LogP contribution in [0.2, 0.25) is 0 Å². The van der Waals surface area contributed by atoms with E-state index in [2.05, 4.69) is 21.5 Å². The number of pyridine rings is 1. The molecular formula is C10H9N5. The van der Waals surface area contributed by atoms with E-state index in [1.54, 1.807) is 29.3 Å². The molecule has 0 saturated carbocycles. The Morgan fingerprint density at radius 1 is 1.47 bits per heavy atom. The summed E-state index contributed by atoms with van der Waals surface area (Å²) in [6.45, 7) is 0. The number of nitrogens with zero attached hydrogens (tertiary/aromatic N) is 4. The summed E-state index contributed by atoms with van der Waals surface area (Å²) in [5.41, 5.74) is 2.09. The van der Waals surface area contributed by atoms with Crippen LogP contribution in [-0.2, 0) is 7.05 Å². The Bertz CT molecular complexity index is 509. The number of hydrogen-bond donors (Lipinski definition) is 1. The molecule has 5 heteroatoms. The molecule has 0 bridgehead atoms. The first-order valence-electron chi connectivity index (χ1n) is 4.39. The molecule has 0 spiro atoms. The fourth-order valence-electron chi connectivity index (χ4n) is 1.23. The van der Waals surface area contributed by atoms with Crippen LogP contribution in [-0.4, -0.2) is 14.8 Å². The smallest absolute Gasteiger partial charge is 0.101 e. The van der Waals surface area contributed by atoms with Crippen LogP contribution in [0.3, 0.4) is 0 Å². The van der Waals surface area contributed by atoms with Crippen LogP contribution in [0.4, 0.5) is 11.4 Å². The van der Waals surface area contributed by atoms with Gasteiger partial charge in [0.15, 0.2) is 0 Å². The lowest BCUT2D eigenvalue weighted by atomic mass is 10.2. The summed E-state index contributed by atoms with van der Waals surface area (Å²) in [7, 11) is 1.83. The monoisotopic (exact) mass is 199 g/mol. The Balaban J connectivity index is 2.28. The summed E-state index contributed by atoms with van der Waals surface area (Å²) in [6.07, 6.45) is 6.72. The van der Waals surface area contributed by atoms with Gasteiger partial charge < -0.3 is 5.32 Å². The second kappa shape index (κ2) is 3.80. The molecule has 0 unspecified atom stereocenters. The first-order chi connectivity index (χ1) is 7.29. The van der Waals surface area contributed by atoms with Crippen molar-refractivity contribution in [2.75, 3.05) is 5.32 Å². The minimum atomic E-state index is 0.564. The molecule has 0 atom stereocenters. The third-order valence-corrected chi connectivity index (χ3v) is 1.93. The van der Waals surface area contributed by atoms with Crippen LogP contribution in [0.5, 0.6) is 0 Å². The van der Waals surface area contributed by atoms with Crippen molar-refractivity contribution in [2.45, 2.75) is 0 Å². The maximum atomic E-state index is 8.86. The first-order valence-corrected chi connectivity index (χ1v) is 4.39. The second-order valence-corrected chi connectivity index (χ2v) is 3.06. The molecule has 2 aromatic rings. The van der Waals surface area contributed by atoms with Crippen molar-refractivity contribution in [3.8, 4) is 6.07 Å². The topological polar surface area (TPSA) is 66.5 Å². The van der Waals surface area contributed by atoms with E-state index in [0.717, 1.165) is 5.69 Å². The third kappa shape index (κ3) is 1.94. The average Bonchev–Trinajstić information content (AvgIpc) is 2.65. The van der Waals surface area contributed by atoms with Crippen LogP contribution in [0.1, 0.15) is 5.56 Å². The molecule has 0 saturated heterocycles. The van der Waals surface area contributed by atoms with Gasteiger partial charge in [-0.25, -0.2) is 0 Å². The highest BCUT2D eigenvalue weighted by Crippen LogP contribution is 2.17. The van der Waals surface area contributed by atoms with E-state index < -0.39 is 0 Å². The number of rotatable bonds is 2. The van der Waals surface area contributed by atoms with E-state index in [1.807, 2.05) is 13.2 Å². The van der Waals surface area contributed by atoms with Crippen molar-refractivity contribution in [1.82, 2.24) is 14.8 Å². The van der Waals surface area contributed by atoms with Gasteiger partial charge in [-0.15, -0.1) is 0 Å². The van der Waals surface area contributed by atoms with Crippen LogP contribution >= 0.6 is 0 Å². The summed E-state index contributed by atoms with van der Waals surface area (Å²) in [6, 6.07) is 3.76. The molecule has 0 fully saturated rings. The fraction of sp³-hybridized carbons (Fsp3) is 0.100. The van der Waals surface area contributed by atoms with Crippen molar-refractivity contribution in [2.24, 2.45) is 7.05 Å². The van der Waals surface area contributed by atoms with Crippen molar-refractivity contribution in [3.05, 3.63) is 36.4 Å². The minimum absolute atomic E-state index is 0.564. The number of aryl methyl sites for hydroxylation is 1. The van der Waals surface area contributed by atoms with E-state index in [1.165, 1.54) is 0 Å². The molecule has 0 aliphatic rings. The highest BCUT2D eigenvalue weighted by Gasteiger charge is 2.02. The zero-order chi connectivity index (χ0) is 10.7. The molecule has 15 heavy (non-hydrogen) atoms. The Morgan fingerprint density at radius 3 is 3.00 bits per heavy atom. The molecular weight excluding hydrogens is 190 g/mol. The van der Waals surface area contributed by atoms with E-state index in [4.69, 9.17) is 5.26 Å². The van der Waals surface area contributed by atoms with Crippen molar-refractivity contribution >= 4 is 11.4 Å². The van der Waals surface area contributed by atoms with E-state index in [-0.39, 0.29) is 0 Å². The predicted molar refractivity (Wildman–Crippen MR) is 55.4 cm³/mol. The number of nitriles is 1. The molecule has 0 aliphatic heterocycles. The van der Waals surface area contributed by atoms with Gasteiger partial charge in [-0.05, 0) is 6.07 Å². The lowest BCUT2D eigenvalue weighted by molar-refractivity contribution is 0.768. The highest BCUT2D eigenvalue weighted by molar-refractivity contribution is 5.64. The maximum Gasteiger partial charge on any atom is 0.101 e. The fourth-order valence-corrected chi connectivity index (χ4v) is 1.23. The van der Waals surface area contributed by atoms with Gasteiger partial charge in [0.05, 0.1) is 29.3 Å². The molecule has 2 rings (SSSR count). The van der Waals surface area contributed by atoms with Crippen molar-refractivity contribution in [1.29, 1.82) is 5.26 Å². The van der Waals surface area contributed by atoms with Gasteiger partial charge in [0.2, 0.25) is 0 Å². The van der Waals surface area contributed by atoms with Crippen LogP contribution in [0.25, 0.3) is 0 Å². The molecule has 0 aromatic carbocycles. The Labute approximate surface area is 87.0 Å². The predicted octanol–water partition coefficient (Wildman–Crippen LogP) is 1.43. The molecule has 2 aromatic heterocycles. The number of nitrogens with one attached hydrogen (secondary N) is 1. The van der Waals surface area contributed by atoms with E-state index in [9.17, 15) is 0 Å². The van der Waals surface area contributed by atoms with Crippen LogP contribution in [0.15, 0.2) is 30.9 Å². The van der Waals surface area contributed by atoms with Gasteiger partial charge in [-0.2, -0.15) is 10.4 Å². The average molecular weight is 199 g/mol.